The quantitative estimate of drug-likeness (QED) is 0.855. The van der Waals surface area contributed by atoms with Crippen molar-refractivity contribution < 1.29 is 22.3 Å². The Bertz CT molecular complexity index is 889. The fourth-order valence-electron chi connectivity index (χ4n) is 2.16. The molecule has 24 heavy (non-hydrogen) atoms. The molecule has 128 valence electrons. The maximum absolute atomic E-state index is 13.9. The van der Waals surface area contributed by atoms with Gasteiger partial charge in [-0.3, -0.25) is 4.72 Å². The topological polar surface area (TPSA) is 64.6 Å². The third-order valence-electron chi connectivity index (χ3n) is 3.26. The van der Waals surface area contributed by atoms with Crippen molar-refractivity contribution in [2.24, 2.45) is 0 Å². The highest BCUT2D eigenvalue weighted by Gasteiger charge is 2.22. The van der Waals surface area contributed by atoms with E-state index in [4.69, 9.17) is 32.7 Å². The predicted molar refractivity (Wildman–Crippen MR) is 89.3 cm³/mol. The summed E-state index contributed by atoms with van der Waals surface area (Å²) in [4.78, 5) is -0.532. The molecular weight excluding hydrogens is 380 g/mol. The first kappa shape index (κ1) is 17.1. The van der Waals surface area contributed by atoms with Crippen LogP contribution in [0.1, 0.15) is 6.42 Å². The summed E-state index contributed by atoms with van der Waals surface area (Å²) in [7, 11) is -4.18. The number of anilines is 1. The standard InChI is InChI=1S/C15H12Cl2FNO4S/c16-9-2-3-15(11(18)6-9)24(20,21)19-12-8-14-13(7-10(12)17)22-4-1-5-23-14/h2-3,6-8,19H,1,4-5H2. The van der Waals surface area contributed by atoms with Gasteiger partial charge in [-0.25, -0.2) is 12.8 Å². The molecule has 0 fully saturated rings. The summed E-state index contributed by atoms with van der Waals surface area (Å²) in [6, 6.07) is 6.16. The van der Waals surface area contributed by atoms with E-state index in [1.54, 1.807) is 0 Å². The minimum Gasteiger partial charge on any atom is -0.490 e. The number of fused-ring (bicyclic) bond motifs is 1. The van der Waals surface area contributed by atoms with Crippen LogP contribution in [0.5, 0.6) is 11.5 Å². The number of nitrogens with one attached hydrogen (secondary N) is 1. The van der Waals surface area contributed by atoms with E-state index < -0.39 is 20.7 Å². The number of benzene rings is 2. The van der Waals surface area contributed by atoms with Gasteiger partial charge in [-0.15, -0.1) is 0 Å². The molecule has 2 aromatic carbocycles. The molecule has 0 spiro atoms. The van der Waals surface area contributed by atoms with Crippen molar-refractivity contribution in [1.29, 1.82) is 0 Å². The Labute approximate surface area is 148 Å². The van der Waals surface area contributed by atoms with Crippen molar-refractivity contribution in [3.05, 3.63) is 46.2 Å². The van der Waals surface area contributed by atoms with E-state index in [9.17, 15) is 12.8 Å². The van der Waals surface area contributed by atoms with Crippen molar-refractivity contribution in [2.75, 3.05) is 17.9 Å². The molecule has 0 amide bonds. The molecule has 1 heterocycles. The molecule has 1 aliphatic rings. The molecule has 2 aromatic rings. The van der Waals surface area contributed by atoms with E-state index in [1.165, 1.54) is 18.2 Å². The summed E-state index contributed by atoms with van der Waals surface area (Å²) in [6.45, 7) is 0.914. The summed E-state index contributed by atoms with van der Waals surface area (Å²) in [5.74, 6) is -0.162. The third-order valence-corrected chi connectivity index (χ3v) is 5.21. The fraction of sp³-hybridized carbons (Fsp3) is 0.200. The first-order valence-electron chi connectivity index (χ1n) is 6.94. The monoisotopic (exact) mass is 391 g/mol. The fourth-order valence-corrected chi connectivity index (χ4v) is 3.70. The van der Waals surface area contributed by atoms with Gasteiger partial charge < -0.3 is 9.47 Å². The second-order valence-electron chi connectivity index (χ2n) is 5.01. The molecule has 1 N–H and O–H groups in total. The van der Waals surface area contributed by atoms with Crippen LogP contribution in [0.15, 0.2) is 35.2 Å². The SMILES string of the molecule is O=S(=O)(Nc1cc2c(cc1Cl)OCCCO2)c1ccc(Cl)cc1F. The van der Waals surface area contributed by atoms with Gasteiger partial charge in [0.1, 0.15) is 10.7 Å². The van der Waals surface area contributed by atoms with Crippen LogP contribution in [-0.2, 0) is 10.0 Å². The lowest BCUT2D eigenvalue weighted by molar-refractivity contribution is 0.297. The zero-order chi connectivity index (χ0) is 17.3. The molecular formula is C15H12Cl2FNO4S. The molecule has 9 heteroatoms. The Morgan fingerprint density at radius 3 is 2.38 bits per heavy atom. The Morgan fingerprint density at radius 2 is 1.71 bits per heavy atom. The molecule has 0 aliphatic carbocycles. The van der Waals surface area contributed by atoms with Crippen molar-refractivity contribution in [3.8, 4) is 11.5 Å². The maximum Gasteiger partial charge on any atom is 0.264 e. The lowest BCUT2D eigenvalue weighted by Gasteiger charge is -2.14. The highest BCUT2D eigenvalue weighted by atomic mass is 35.5. The Kier molecular flexibility index (Phi) is 4.76. The summed E-state index contributed by atoms with van der Waals surface area (Å²) < 4.78 is 51.9. The van der Waals surface area contributed by atoms with E-state index in [2.05, 4.69) is 4.72 Å². The lowest BCUT2D eigenvalue weighted by atomic mass is 10.3. The minimum atomic E-state index is -4.18. The molecule has 0 bridgehead atoms. The largest absolute Gasteiger partial charge is 0.490 e. The first-order chi connectivity index (χ1) is 11.4. The van der Waals surface area contributed by atoms with Gasteiger partial charge in [0.2, 0.25) is 0 Å². The molecule has 0 atom stereocenters. The van der Waals surface area contributed by atoms with E-state index >= 15 is 0 Å². The van der Waals surface area contributed by atoms with Crippen molar-refractivity contribution in [2.45, 2.75) is 11.3 Å². The minimum absolute atomic E-state index is 0.0651. The molecule has 0 saturated carbocycles. The van der Waals surface area contributed by atoms with Gasteiger partial charge >= 0.3 is 0 Å². The van der Waals surface area contributed by atoms with E-state index in [1.807, 2.05) is 0 Å². The molecule has 0 saturated heterocycles. The third kappa shape index (κ3) is 3.53. The summed E-state index contributed by atoms with van der Waals surface area (Å²) in [5, 5.41) is 0.206. The van der Waals surface area contributed by atoms with Crippen LogP contribution in [-0.4, -0.2) is 21.6 Å². The van der Waals surface area contributed by atoms with Gasteiger partial charge in [-0.2, -0.15) is 0 Å². The maximum atomic E-state index is 13.9. The lowest BCUT2D eigenvalue weighted by Crippen LogP contribution is -2.15. The van der Waals surface area contributed by atoms with Crippen molar-refractivity contribution >= 4 is 38.9 Å². The zero-order valence-electron chi connectivity index (χ0n) is 12.2. The van der Waals surface area contributed by atoms with Crippen LogP contribution in [0.4, 0.5) is 10.1 Å². The molecule has 0 radical (unpaired) electrons. The van der Waals surface area contributed by atoms with Crippen LogP contribution in [0.3, 0.4) is 0 Å². The summed E-state index contributed by atoms with van der Waals surface area (Å²) in [5.41, 5.74) is 0.0651. The second kappa shape index (κ2) is 6.66. The number of sulfonamides is 1. The van der Waals surface area contributed by atoms with Crippen LogP contribution in [0.25, 0.3) is 0 Å². The highest BCUT2D eigenvalue weighted by molar-refractivity contribution is 7.92. The van der Waals surface area contributed by atoms with Gasteiger partial charge in [0.05, 0.1) is 23.9 Å². The van der Waals surface area contributed by atoms with Gasteiger partial charge in [-0.1, -0.05) is 23.2 Å². The zero-order valence-corrected chi connectivity index (χ0v) is 14.5. The average Bonchev–Trinajstić information content (AvgIpc) is 2.72. The van der Waals surface area contributed by atoms with Gasteiger partial charge in [0, 0.05) is 23.6 Å². The van der Waals surface area contributed by atoms with Crippen LogP contribution >= 0.6 is 23.2 Å². The highest BCUT2D eigenvalue weighted by Crippen LogP contribution is 2.38. The van der Waals surface area contributed by atoms with Crippen molar-refractivity contribution in [1.82, 2.24) is 0 Å². The Balaban J connectivity index is 1.96. The number of hydrogen-bond acceptors (Lipinski definition) is 4. The van der Waals surface area contributed by atoms with Crippen LogP contribution in [0.2, 0.25) is 10.0 Å². The van der Waals surface area contributed by atoms with Gasteiger partial charge in [-0.05, 0) is 18.2 Å². The average molecular weight is 392 g/mol. The van der Waals surface area contributed by atoms with Crippen molar-refractivity contribution in [3.63, 3.8) is 0 Å². The van der Waals surface area contributed by atoms with E-state index in [0.717, 1.165) is 12.1 Å². The smallest absolute Gasteiger partial charge is 0.264 e. The van der Waals surface area contributed by atoms with E-state index in [0.29, 0.717) is 31.1 Å². The number of rotatable bonds is 3. The molecule has 0 aromatic heterocycles. The summed E-state index contributed by atoms with van der Waals surface area (Å²) in [6.07, 6.45) is 0.698. The number of halogens is 3. The predicted octanol–water partition coefficient (Wildman–Crippen LogP) is 4.09. The number of hydrogen-bond donors (Lipinski definition) is 1. The summed E-state index contributed by atoms with van der Waals surface area (Å²) >= 11 is 11.7. The normalized spacial score (nSPS) is 14.1. The molecule has 3 rings (SSSR count). The molecule has 5 nitrogen and oxygen atoms in total. The molecule has 1 aliphatic heterocycles. The van der Waals surface area contributed by atoms with Gasteiger partial charge in [0.15, 0.2) is 11.5 Å². The second-order valence-corrected chi connectivity index (χ2v) is 7.50. The molecule has 0 unspecified atom stereocenters. The Morgan fingerprint density at radius 1 is 1.04 bits per heavy atom. The van der Waals surface area contributed by atoms with Crippen LogP contribution < -0.4 is 14.2 Å². The number of ether oxygens (including phenoxy) is 2. The van der Waals surface area contributed by atoms with Gasteiger partial charge in [0.25, 0.3) is 10.0 Å². The van der Waals surface area contributed by atoms with Crippen LogP contribution in [0, 0.1) is 5.82 Å². The first-order valence-corrected chi connectivity index (χ1v) is 9.18. The van der Waals surface area contributed by atoms with E-state index in [-0.39, 0.29) is 15.7 Å². The Hall–Kier alpha value is -1.70.